The van der Waals surface area contributed by atoms with Gasteiger partial charge in [-0.15, -0.1) is 0 Å². The van der Waals surface area contributed by atoms with E-state index < -0.39 is 0 Å². The molecule has 0 atom stereocenters. The lowest BCUT2D eigenvalue weighted by Crippen LogP contribution is -2.11. The SMILES string of the molecule is Oc1c(Cc2ccccc2)cc2c(c1-c1c(O)c(Cc3ccccc3)cc3c1CCCC3)CCCC2. The van der Waals surface area contributed by atoms with Gasteiger partial charge in [-0.05, 0) is 95.9 Å². The molecule has 0 aliphatic heterocycles. The summed E-state index contributed by atoms with van der Waals surface area (Å²) >= 11 is 0. The van der Waals surface area contributed by atoms with E-state index in [1.54, 1.807) is 0 Å². The van der Waals surface area contributed by atoms with Gasteiger partial charge in [-0.2, -0.15) is 0 Å². The summed E-state index contributed by atoms with van der Waals surface area (Å²) in [6.07, 6.45) is 10.0. The maximum Gasteiger partial charge on any atom is 0.127 e. The molecule has 2 N–H and O–H groups in total. The van der Waals surface area contributed by atoms with Gasteiger partial charge in [-0.25, -0.2) is 0 Å². The first-order valence-electron chi connectivity index (χ1n) is 13.5. The lowest BCUT2D eigenvalue weighted by Gasteiger charge is -2.28. The zero-order valence-electron chi connectivity index (χ0n) is 20.9. The summed E-state index contributed by atoms with van der Waals surface area (Å²) in [5.74, 6) is 0.721. The second-order valence-corrected chi connectivity index (χ2v) is 10.5. The van der Waals surface area contributed by atoms with E-state index in [4.69, 9.17) is 0 Å². The molecule has 0 saturated carbocycles. The van der Waals surface area contributed by atoms with Gasteiger partial charge in [0.2, 0.25) is 0 Å². The van der Waals surface area contributed by atoms with E-state index in [9.17, 15) is 10.2 Å². The Labute approximate surface area is 214 Å². The molecule has 0 aromatic heterocycles. The first-order valence-corrected chi connectivity index (χ1v) is 13.5. The zero-order chi connectivity index (χ0) is 24.5. The molecule has 0 radical (unpaired) electrons. The van der Waals surface area contributed by atoms with E-state index in [2.05, 4.69) is 60.7 Å². The first kappa shape index (κ1) is 22.9. The molecule has 0 heterocycles. The Morgan fingerprint density at radius 1 is 0.500 bits per heavy atom. The van der Waals surface area contributed by atoms with Crippen LogP contribution in [0.3, 0.4) is 0 Å². The quantitative estimate of drug-likeness (QED) is 0.311. The van der Waals surface area contributed by atoms with Crippen LogP contribution in [-0.2, 0) is 38.5 Å². The van der Waals surface area contributed by atoms with Crippen LogP contribution in [0.5, 0.6) is 11.5 Å². The van der Waals surface area contributed by atoms with Crippen LogP contribution >= 0.6 is 0 Å². The van der Waals surface area contributed by atoms with Crippen molar-refractivity contribution >= 4 is 0 Å². The minimum Gasteiger partial charge on any atom is -0.507 e. The lowest BCUT2D eigenvalue weighted by atomic mass is 9.77. The Morgan fingerprint density at radius 2 is 0.889 bits per heavy atom. The topological polar surface area (TPSA) is 40.5 Å². The van der Waals surface area contributed by atoms with Crippen LogP contribution in [0.2, 0.25) is 0 Å². The van der Waals surface area contributed by atoms with Gasteiger partial charge in [0.05, 0.1) is 0 Å². The molecule has 0 spiro atoms. The largest absolute Gasteiger partial charge is 0.507 e. The molecule has 36 heavy (non-hydrogen) atoms. The number of benzene rings is 4. The van der Waals surface area contributed by atoms with Crippen LogP contribution in [0.1, 0.15) is 70.2 Å². The second kappa shape index (κ2) is 9.85. The molecular formula is C34H34O2. The van der Waals surface area contributed by atoms with Crippen molar-refractivity contribution in [3.63, 3.8) is 0 Å². The Balaban J connectivity index is 1.57. The summed E-state index contributed by atoms with van der Waals surface area (Å²) in [6, 6.07) is 25.3. The number of aryl methyl sites for hydroxylation is 2. The van der Waals surface area contributed by atoms with E-state index in [-0.39, 0.29) is 0 Å². The van der Waals surface area contributed by atoms with Gasteiger partial charge in [-0.3, -0.25) is 0 Å². The number of phenols is 2. The summed E-state index contributed by atoms with van der Waals surface area (Å²) < 4.78 is 0. The van der Waals surface area contributed by atoms with Crippen LogP contribution in [0.25, 0.3) is 11.1 Å². The van der Waals surface area contributed by atoms with Crippen molar-refractivity contribution in [1.82, 2.24) is 0 Å². The molecule has 2 nitrogen and oxygen atoms in total. The molecule has 0 amide bonds. The number of phenolic OH excluding ortho intramolecular Hbond substituents is 2. The Hall–Kier alpha value is -3.52. The average molecular weight is 475 g/mol. The number of fused-ring (bicyclic) bond motifs is 2. The monoisotopic (exact) mass is 474 g/mol. The normalized spacial score (nSPS) is 14.8. The smallest absolute Gasteiger partial charge is 0.127 e. The number of rotatable bonds is 5. The number of hydrogen-bond acceptors (Lipinski definition) is 2. The van der Waals surface area contributed by atoms with E-state index in [0.29, 0.717) is 24.3 Å². The minimum atomic E-state index is 0.361. The highest BCUT2D eigenvalue weighted by Crippen LogP contribution is 2.49. The predicted molar refractivity (Wildman–Crippen MR) is 147 cm³/mol. The Morgan fingerprint density at radius 3 is 1.31 bits per heavy atom. The summed E-state index contributed by atoms with van der Waals surface area (Å²) in [6.45, 7) is 0. The van der Waals surface area contributed by atoms with Gasteiger partial charge < -0.3 is 10.2 Å². The fraction of sp³-hybridized carbons (Fsp3) is 0.294. The molecule has 4 aromatic rings. The van der Waals surface area contributed by atoms with Gasteiger partial charge in [0, 0.05) is 24.0 Å². The summed E-state index contributed by atoms with van der Waals surface area (Å²) in [5.41, 5.74) is 11.3. The van der Waals surface area contributed by atoms with Gasteiger partial charge in [-0.1, -0.05) is 72.8 Å². The number of hydrogen-bond donors (Lipinski definition) is 2. The van der Waals surface area contributed by atoms with Gasteiger partial charge in [0.1, 0.15) is 11.5 Å². The highest BCUT2D eigenvalue weighted by atomic mass is 16.3. The van der Waals surface area contributed by atoms with Crippen molar-refractivity contribution in [2.75, 3.05) is 0 Å². The Kier molecular flexibility index (Phi) is 6.27. The molecule has 182 valence electrons. The molecule has 6 rings (SSSR count). The molecule has 0 fully saturated rings. The van der Waals surface area contributed by atoms with E-state index in [1.807, 2.05) is 12.1 Å². The van der Waals surface area contributed by atoms with Gasteiger partial charge >= 0.3 is 0 Å². The second-order valence-electron chi connectivity index (χ2n) is 10.5. The molecule has 0 unspecified atom stereocenters. The molecule has 2 heteroatoms. The van der Waals surface area contributed by atoms with Crippen molar-refractivity contribution in [2.45, 2.75) is 64.2 Å². The summed E-state index contributed by atoms with van der Waals surface area (Å²) in [7, 11) is 0. The predicted octanol–water partition coefficient (Wildman–Crippen LogP) is 7.70. The van der Waals surface area contributed by atoms with Gasteiger partial charge in [0.15, 0.2) is 0 Å². The third-order valence-electron chi connectivity index (χ3n) is 8.13. The van der Waals surface area contributed by atoms with E-state index in [0.717, 1.165) is 60.8 Å². The first-order chi connectivity index (χ1) is 17.7. The molecule has 0 saturated heterocycles. The minimum absolute atomic E-state index is 0.361. The molecule has 0 bridgehead atoms. The molecular weight excluding hydrogens is 440 g/mol. The average Bonchev–Trinajstić information content (AvgIpc) is 2.92. The van der Waals surface area contributed by atoms with Crippen LogP contribution in [-0.4, -0.2) is 10.2 Å². The van der Waals surface area contributed by atoms with Crippen molar-refractivity contribution in [3.05, 3.63) is 117 Å². The number of aromatic hydroxyl groups is 2. The maximum atomic E-state index is 11.9. The third kappa shape index (κ3) is 4.30. The molecule has 2 aliphatic rings. The Bertz CT molecular complexity index is 1280. The highest BCUT2D eigenvalue weighted by Gasteiger charge is 2.28. The highest BCUT2D eigenvalue weighted by molar-refractivity contribution is 5.85. The fourth-order valence-electron chi connectivity index (χ4n) is 6.35. The van der Waals surface area contributed by atoms with Crippen molar-refractivity contribution in [2.24, 2.45) is 0 Å². The van der Waals surface area contributed by atoms with Crippen LogP contribution in [0.4, 0.5) is 0 Å². The lowest BCUT2D eigenvalue weighted by molar-refractivity contribution is 0.460. The zero-order valence-corrected chi connectivity index (χ0v) is 20.9. The fourth-order valence-corrected chi connectivity index (χ4v) is 6.35. The van der Waals surface area contributed by atoms with Crippen molar-refractivity contribution in [3.8, 4) is 22.6 Å². The van der Waals surface area contributed by atoms with E-state index in [1.165, 1.54) is 46.2 Å². The van der Waals surface area contributed by atoms with Crippen molar-refractivity contribution < 1.29 is 10.2 Å². The standard InChI is InChI=1S/C34H34O2/c35-33-27(19-23-11-3-1-4-12-23)21-25-15-7-9-17-29(25)31(33)32-30-18-10-8-16-26(30)22-28(34(32)36)20-24-13-5-2-6-14-24/h1-6,11-14,21-22,35-36H,7-10,15-20H2. The van der Waals surface area contributed by atoms with Crippen LogP contribution in [0.15, 0.2) is 72.8 Å². The van der Waals surface area contributed by atoms with Gasteiger partial charge in [0.25, 0.3) is 0 Å². The van der Waals surface area contributed by atoms with Crippen LogP contribution in [0, 0.1) is 0 Å². The van der Waals surface area contributed by atoms with Crippen molar-refractivity contribution in [1.29, 1.82) is 0 Å². The molecule has 4 aromatic carbocycles. The summed E-state index contributed by atoms with van der Waals surface area (Å²) in [4.78, 5) is 0. The maximum absolute atomic E-state index is 11.9. The van der Waals surface area contributed by atoms with E-state index >= 15 is 0 Å². The summed E-state index contributed by atoms with van der Waals surface area (Å²) in [5, 5.41) is 23.7. The molecule has 2 aliphatic carbocycles. The van der Waals surface area contributed by atoms with Crippen LogP contribution < -0.4 is 0 Å². The third-order valence-corrected chi connectivity index (χ3v) is 8.13.